The maximum Gasteiger partial charge on any atom is 0.161 e. The molecule has 0 spiro atoms. The second-order valence-electron chi connectivity index (χ2n) is 17.3. The van der Waals surface area contributed by atoms with E-state index in [1.807, 2.05) is 18.2 Å². The SMILES string of the molecule is C#CC1(O)CCC2C3CCc4cc(O)ccc4C3CCC21C.CC(=O)C1(O)CCC2C3C=C(C)C4=CC(=O)CCC4(C)C3CCC21C. The first-order chi connectivity index (χ1) is 22.1. The summed E-state index contributed by atoms with van der Waals surface area (Å²) in [5.41, 5.74) is 2.75. The first-order valence-electron chi connectivity index (χ1n) is 18.3. The van der Waals surface area contributed by atoms with Gasteiger partial charge in [-0.25, -0.2) is 0 Å². The van der Waals surface area contributed by atoms with Gasteiger partial charge in [0.15, 0.2) is 11.6 Å². The number of benzene rings is 1. The van der Waals surface area contributed by atoms with Gasteiger partial charge in [-0.3, -0.25) is 9.59 Å². The Morgan fingerprint density at radius 3 is 2.32 bits per heavy atom. The number of allylic oxidation sites excluding steroid dienone is 4. The molecule has 0 saturated heterocycles. The fourth-order valence-corrected chi connectivity index (χ4v) is 12.8. The second-order valence-corrected chi connectivity index (χ2v) is 17.3. The number of Topliss-reactive ketones (excluding diaryl/α,β-unsaturated/α-hetero) is 1. The van der Waals surface area contributed by atoms with Crippen molar-refractivity contribution in [2.45, 2.75) is 129 Å². The highest BCUT2D eigenvalue weighted by Crippen LogP contribution is 2.67. The van der Waals surface area contributed by atoms with Gasteiger partial charge in [-0.2, -0.15) is 0 Å². The lowest BCUT2D eigenvalue weighted by atomic mass is 9.47. The number of phenolic OH excluding ortho intramolecular Hbond substituents is 1. The van der Waals surface area contributed by atoms with Crippen molar-refractivity contribution in [2.24, 2.45) is 45.8 Å². The molecule has 0 amide bonds. The summed E-state index contributed by atoms with van der Waals surface area (Å²) >= 11 is 0. The molecule has 11 atom stereocenters. The number of terminal acetylenes is 1. The van der Waals surface area contributed by atoms with Crippen molar-refractivity contribution in [1.82, 2.24) is 0 Å². The monoisotopic (exact) mass is 638 g/mol. The third-order valence-electron chi connectivity index (χ3n) is 15.7. The maximum atomic E-state index is 12.3. The number of aromatic hydroxyl groups is 1. The van der Waals surface area contributed by atoms with E-state index in [2.05, 4.69) is 45.8 Å². The fraction of sp³-hybridized carbons (Fsp3) is 0.667. The van der Waals surface area contributed by atoms with Gasteiger partial charge in [0, 0.05) is 17.3 Å². The molecule has 0 radical (unpaired) electrons. The summed E-state index contributed by atoms with van der Waals surface area (Å²) in [5, 5.41) is 31.8. The third kappa shape index (κ3) is 4.49. The molecule has 4 saturated carbocycles. The lowest BCUT2D eigenvalue weighted by Crippen LogP contribution is -2.56. The highest BCUT2D eigenvalue weighted by molar-refractivity contribution is 5.92. The number of hydrogen-bond acceptors (Lipinski definition) is 5. The van der Waals surface area contributed by atoms with Crippen LogP contribution in [0.15, 0.2) is 41.5 Å². The van der Waals surface area contributed by atoms with Crippen LogP contribution in [0.3, 0.4) is 0 Å². The second kappa shape index (κ2) is 10.9. The van der Waals surface area contributed by atoms with E-state index in [4.69, 9.17) is 6.42 Å². The average molecular weight is 639 g/mol. The summed E-state index contributed by atoms with van der Waals surface area (Å²) in [6.07, 6.45) is 21.1. The van der Waals surface area contributed by atoms with Crippen LogP contribution in [-0.4, -0.2) is 38.1 Å². The van der Waals surface area contributed by atoms with Crippen molar-refractivity contribution >= 4 is 11.6 Å². The van der Waals surface area contributed by atoms with E-state index in [0.717, 1.165) is 64.2 Å². The van der Waals surface area contributed by atoms with Gasteiger partial charge in [0.1, 0.15) is 17.0 Å². The van der Waals surface area contributed by atoms with Gasteiger partial charge >= 0.3 is 0 Å². The molecule has 252 valence electrons. The molecule has 5 nitrogen and oxygen atoms in total. The molecule has 0 heterocycles. The molecule has 7 aliphatic carbocycles. The lowest BCUT2D eigenvalue weighted by Gasteiger charge is -2.57. The molecule has 0 bridgehead atoms. The number of aliphatic hydroxyl groups is 2. The van der Waals surface area contributed by atoms with E-state index >= 15 is 0 Å². The maximum absolute atomic E-state index is 12.3. The Morgan fingerprint density at radius 2 is 1.60 bits per heavy atom. The Kier molecular flexibility index (Phi) is 7.63. The van der Waals surface area contributed by atoms with E-state index in [-0.39, 0.29) is 27.8 Å². The molecule has 0 aromatic heterocycles. The molecular weight excluding hydrogens is 584 g/mol. The smallest absolute Gasteiger partial charge is 0.161 e. The van der Waals surface area contributed by atoms with Crippen molar-refractivity contribution in [3.63, 3.8) is 0 Å². The summed E-state index contributed by atoms with van der Waals surface area (Å²) in [4.78, 5) is 24.3. The van der Waals surface area contributed by atoms with Gasteiger partial charge in [-0.15, -0.1) is 6.42 Å². The molecule has 5 heteroatoms. The van der Waals surface area contributed by atoms with Gasteiger partial charge in [0.2, 0.25) is 0 Å². The first-order valence-corrected chi connectivity index (χ1v) is 18.3. The number of hydrogen-bond donors (Lipinski definition) is 3. The molecule has 11 unspecified atom stereocenters. The summed E-state index contributed by atoms with van der Waals surface area (Å²) in [6.45, 7) is 10.4. The van der Waals surface area contributed by atoms with E-state index in [1.54, 1.807) is 6.92 Å². The minimum absolute atomic E-state index is 0.0651. The molecule has 0 aliphatic heterocycles. The summed E-state index contributed by atoms with van der Waals surface area (Å²) in [5.74, 6) is 6.28. The van der Waals surface area contributed by atoms with Gasteiger partial charge in [0.05, 0.1) is 0 Å². The Balaban J connectivity index is 0.000000151. The van der Waals surface area contributed by atoms with Crippen LogP contribution in [0.5, 0.6) is 5.75 Å². The van der Waals surface area contributed by atoms with Crippen LogP contribution in [0, 0.1) is 58.2 Å². The molecule has 1 aromatic carbocycles. The highest BCUT2D eigenvalue weighted by Gasteiger charge is 2.65. The zero-order valence-corrected chi connectivity index (χ0v) is 29.1. The largest absolute Gasteiger partial charge is 0.508 e. The third-order valence-corrected chi connectivity index (χ3v) is 15.7. The number of ketones is 2. The van der Waals surface area contributed by atoms with Crippen molar-refractivity contribution in [3.05, 3.63) is 52.6 Å². The first kappa shape index (κ1) is 32.8. The summed E-state index contributed by atoms with van der Waals surface area (Å²) < 4.78 is 0. The normalized spacial score (nSPS) is 46.0. The van der Waals surface area contributed by atoms with E-state index in [0.29, 0.717) is 54.1 Å². The topological polar surface area (TPSA) is 94.8 Å². The van der Waals surface area contributed by atoms with Gasteiger partial charge in [-0.1, -0.05) is 44.4 Å². The van der Waals surface area contributed by atoms with Gasteiger partial charge in [-0.05, 0) is 160 Å². The van der Waals surface area contributed by atoms with Gasteiger partial charge < -0.3 is 15.3 Å². The van der Waals surface area contributed by atoms with Crippen molar-refractivity contribution < 1.29 is 24.9 Å². The Bertz CT molecular complexity index is 1610. The van der Waals surface area contributed by atoms with E-state index < -0.39 is 11.2 Å². The van der Waals surface area contributed by atoms with Crippen LogP contribution in [0.2, 0.25) is 0 Å². The Labute approximate surface area is 281 Å². The quantitative estimate of drug-likeness (QED) is 0.275. The number of rotatable bonds is 1. The van der Waals surface area contributed by atoms with Crippen LogP contribution >= 0.6 is 0 Å². The number of carbonyl (C=O) groups excluding carboxylic acids is 2. The molecule has 3 N–H and O–H groups in total. The minimum Gasteiger partial charge on any atom is -0.508 e. The predicted octanol–water partition coefficient (Wildman–Crippen LogP) is 7.62. The predicted molar refractivity (Wildman–Crippen MR) is 183 cm³/mol. The van der Waals surface area contributed by atoms with E-state index in [9.17, 15) is 24.9 Å². The fourth-order valence-electron chi connectivity index (χ4n) is 12.8. The summed E-state index contributed by atoms with van der Waals surface area (Å²) in [6, 6.07) is 5.87. The zero-order valence-electron chi connectivity index (χ0n) is 29.1. The van der Waals surface area contributed by atoms with Gasteiger partial charge in [0.25, 0.3) is 0 Å². The average Bonchev–Trinajstić information content (AvgIpc) is 3.48. The van der Waals surface area contributed by atoms with Crippen LogP contribution < -0.4 is 0 Å². The highest BCUT2D eigenvalue weighted by atomic mass is 16.3. The van der Waals surface area contributed by atoms with Crippen molar-refractivity contribution in [2.75, 3.05) is 0 Å². The molecule has 1 aromatic rings. The summed E-state index contributed by atoms with van der Waals surface area (Å²) in [7, 11) is 0. The molecule has 47 heavy (non-hydrogen) atoms. The lowest BCUT2D eigenvalue weighted by molar-refractivity contribution is -0.156. The standard InChI is InChI=1S/C22H30O3.C20H24O2/c1-13-11-16-17(20(3)8-5-15(24)12-19(13)20)6-9-21(4)18(16)7-10-22(21,25)14(2)23;1-3-20(22)11-9-18-17-6-4-13-12-14(21)5-7-15(13)16(17)8-10-19(18,20)2/h11-12,16-18,25H,5-10H2,1-4H3;1,5,7,12,16-18,21-22H,4,6,8-11H2,2H3. The minimum atomic E-state index is -1.16. The Hall–Kier alpha value is -2.68. The Morgan fingerprint density at radius 1 is 0.894 bits per heavy atom. The van der Waals surface area contributed by atoms with Crippen LogP contribution in [-0.2, 0) is 16.0 Å². The van der Waals surface area contributed by atoms with Crippen LogP contribution in [0.25, 0.3) is 0 Å². The molecular formula is C42H54O5. The molecule has 8 rings (SSSR count). The van der Waals surface area contributed by atoms with Crippen LogP contribution in [0.1, 0.15) is 122 Å². The number of fused-ring (bicyclic) bond motifs is 10. The molecule has 7 aliphatic rings. The zero-order chi connectivity index (χ0) is 33.7. The number of aryl methyl sites for hydroxylation is 1. The molecule has 4 fully saturated rings. The van der Waals surface area contributed by atoms with Crippen molar-refractivity contribution in [3.8, 4) is 18.1 Å². The van der Waals surface area contributed by atoms with E-state index in [1.165, 1.54) is 22.3 Å². The number of phenols is 1. The number of carbonyl (C=O) groups is 2. The van der Waals surface area contributed by atoms with Crippen molar-refractivity contribution in [1.29, 1.82) is 0 Å². The van der Waals surface area contributed by atoms with Crippen LogP contribution in [0.4, 0.5) is 0 Å².